The third-order valence-electron chi connectivity index (χ3n) is 8.70. The van der Waals surface area contributed by atoms with Gasteiger partial charge in [0.05, 0.1) is 6.67 Å². The summed E-state index contributed by atoms with van der Waals surface area (Å²) in [6.45, 7) is 0.463. The number of rotatable bonds is 3. The lowest BCUT2D eigenvalue weighted by Crippen LogP contribution is -2.56. The zero-order valence-electron chi connectivity index (χ0n) is 16.1. The van der Waals surface area contributed by atoms with Crippen LogP contribution in [-0.2, 0) is 4.74 Å². The molecule has 0 heterocycles. The Labute approximate surface area is 157 Å². The van der Waals surface area contributed by atoms with Crippen LogP contribution in [0.4, 0.5) is 4.79 Å². The number of nitrogens with one attached hydrogen (secondary N) is 2. The normalized spacial score (nSPS) is 46.0. The summed E-state index contributed by atoms with van der Waals surface area (Å²) in [5.41, 5.74) is 2.38. The predicted molar refractivity (Wildman–Crippen MR) is 101 cm³/mol. The summed E-state index contributed by atoms with van der Waals surface area (Å²) < 4.78 is 5.66. The maximum atomic E-state index is 11.9. The van der Waals surface area contributed by atoms with Crippen LogP contribution in [0, 0.1) is 35.0 Å². The number of hydrogen-bond acceptors (Lipinski definition) is 3. The van der Waals surface area contributed by atoms with E-state index in [0.717, 1.165) is 47.8 Å². The number of alkyl carbamates (subject to hydrolysis) is 1. The highest BCUT2D eigenvalue weighted by Crippen LogP contribution is 2.68. The molecule has 6 rings (SSSR count). The average Bonchev–Trinajstić information content (AvgIpc) is 2.64. The number of fused-ring (bicyclic) bond motifs is 4. The van der Waals surface area contributed by atoms with Crippen molar-refractivity contribution < 1.29 is 9.53 Å². The standard InChI is InChI=1S/C22H34N2O2/c1-23-13-24-21(25)26-16-4-6-17-15(10-16)3-5-19-18(17)8-9-22-11-14(12-22)2-7-20(19)22/h3,14,16-20,23H,2,4-13H2,1H3,(H,24,25). The van der Waals surface area contributed by atoms with Gasteiger partial charge in [0.25, 0.3) is 0 Å². The Balaban J connectivity index is 1.25. The summed E-state index contributed by atoms with van der Waals surface area (Å²) in [7, 11) is 1.82. The van der Waals surface area contributed by atoms with E-state index in [-0.39, 0.29) is 12.2 Å². The van der Waals surface area contributed by atoms with E-state index in [1.54, 1.807) is 18.4 Å². The minimum atomic E-state index is -0.279. The molecule has 0 radical (unpaired) electrons. The molecule has 1 spiro atoms. The number of carbonyl (C=O) groups excluding carboxylic acids is 1. The summed E-state index contributed by atoms with van der Waals surface area (Å²) in [4.78, 5) is 11.9. The van der Waals surface area contributed by atoms with E-state index in [2.05, 4.69) is 16.7 Å². The Bertz CT molecular complexity index is 595. The molecule has 6 aliphatic rings. The van der Waals surface area contributed by atoms with Crippen molar-refractivity contribution >= 4 is 6.09 Å². The molecule has 0 aromatic carbocycles. The van der Waals surface area contributed by atoms with Crippen molar-refractivity contribution in [1.82, 2.24) is 10.6 Å². The first-order valence-electron chi connectivity index (χ1n) is 11.0. The Morgan fingerprint density at radius 3 is 2.92 bits per heavy atom. The molecule has 0 aromatic heterocycles. The van der Waals surface area contributed by atoms with Crippen LogP contribution in [0.1, 0.15) is 64.2 Å². The van der Waals surface area contributed by atoms with Gasteiger partial charge in [-0.3, -0.25) is 0 Å². The van der Waals surface area contributed by atoms with Gasteiger partial charge in [-0.1, -0.05) is 18.1 Å². The maximum Gasteiger partial charge on any atom is 0.408 e. The fourth-order valence-corrected chi connectivity index (χ4v) is 7.71. The van der Waals surface area contributed by atoms with Crippen LogP contribution in [0.25, 0.3) is 0 Å². The Hall–Kier alpha value is -1.03. The van der Waals surface area contributed by atoms with Crippen LogP contribution in [0.5, 0.6) is 0 Å². The van der Waals surface area contributed by atoms with Gasteiger partial charge in [0.2, 0.25) is 0 Å². The van der Waals surface area contributed by atoms with Crippen molar-refractivity contribution in [3.8, 4) is 0 Å². The van der Waals surface area contributed by atoms with Gasteiger partial charge in [-0.05, 0) is 93.4 Å². The topological polar surface area (TPSA) is 50.4 Å². The highest BCUT2D eigenvalue weighted by Gasteiger charge is 2.59. The minimum absolute atomic E-state index is 0.0721. The van der Waals surface area contributed by atoms with E-state index in [4.69, 9.17) is 4.74 Å². The number of amides is 1. The van der Waals surface area contributed by atoms with Crippen LogP contribution in [0.3, 0.4) is 0 Å². The van der Waals surface area contributed by atoms with Gasteiger partial charge in [0.1, 0.15) is 6.10 Å². The van der Waals surface area contributed by atoms with Crippen LogP contribution in [-0.4, -0.2) is 25.9 Å². The van der Waals surface area contributed by atoms with Gasteiger partial charge in [-0.2, -0.15) is 0 Å². The Morgan fingerprint density at radius 2 is 2.08 bits per heavy atom. The first-order chi connectivity index (χ1) is 12.7. The molecule has 0 aliphatic heterocycles. The monoisotopic (exact) mass is 358 g/mol. The quantitative estimate of drug-likeness (QED) is 0.587. The molecule has 6 aliphatic carbocycles. The summed E-state index contributed by atoms with van der Waals surface area (Å²) >= 11 is 0. The Kier molecular flexibility index (Phi) is 4.30. The van der Waals surface area contributed by atoms with Gasteiger partial charge in [-0.15, -0.1) is 0 Å². The first-order valence-corrected chi connectivity index (χ1v) is 11.0. The van der Waals surface area contributed by atoms with E-state index >= 15 is 0 Å². The molecule has 0 saturated heterocycles. The number of carbonyl (C=O) groups is 1. The van der Waals surface area contributed by atoms with Gasteiger partial charge < -0.3 is 15.4 Å². The minimum Gasteiger partial charge on any atom is -0.446 e. The van der Waals surface area contributed by atoms with E-state index in [9.17, 15) is 4.79 Å². The van der Waals surface area contributed by atoms with Crippen molar-refractivity contribution in [2.24, 2.45) is 35.0 Å². The molecule has 2 N–H and O–H groups in total. The molecule has 5 unspecified atom stereocenters. The van der Waals surface area contributed by atoms with Crippen molar-refractivity contribution in [2.75, 3.05) is 13.7 Å². The third kappa shape index (κ3) is 2.71. The molecule has 5 fully saturated rings. The molecule has 144 valence electrons. The van der Waals surface area contributed by atoms with Crippen LogP contribution >= 0.6 is 0 Å². The highest BCUT2D eigenvalue weighted by atomic mass is 16.6. The zero-order valence-corrected chi connectivity index (χ0v) is 16.1. The summed E-state index contributed by atoms with van der Waals surface area (Å²) in [6.07, 6.45) is 16.0. The van der Waals surface area contributed by atoms with Crippen molar-refractivity contribution in [3.05, 3.63) is 11.6 Å². The number of hydrogen-bond donors (Lipinski definition) is 2. The predicted octanol–water partition coefficient (Wildman–Crippen LogP) is 4.22. The molecule has 0 aromatic rings. The van der Waals surface area contributed by atoms with Crippen LogP contribution in [0.15, 0.2) is 11.6 Å². The lowest BCUT2D eigenvalue weighted by atomic mass is 9.40. The van der Waals surface area contributed by atoms with E-state index in [1.807, 2.05) is 7.05 Å². The second-order valence-electron chi connectivity index (χ2n) is 9.82. The van der Waals surface area contributed by atoms with Crippen molar-refractivity contribution in [1.29, 1.82) is 0 Å². The molecular formula is C22H34N2O2. The molecule has 4 nitrogen and oxygen atoms in total. The molecule has 1 amide bonds. The summed E-state index contributed by atoms with van der Waals surface area (Å²) in [5.74, 6) is 4.76. The smallest absolute Gasteiger partial charge is 0.408 e. The van der Waals surface area contributed by atoms with Crippen LogP contribution < -0.4 is 10.6 Å². The van der Waals surface area contributed by atoms with Gasteiger partial charge >= 0.3 is 6.09 Å². The van der Waals surface area contributed by atoms with E-state index < -0.39 is 0 Å². The lowest BCUT2D eigenvalue weighted by molar-refractivity contribution is -0.142. The van der Waals surface area contributed by atoms with Gasteiger partial charge in [0, 0.05) is 6.42 Å². The highest BCUT2D eigenvalue weighted by molar-refractivity contribution is 5.67. The average molecular weight is 359 g/mol. The Morgan fingerprint density at radius 1 is 1.19 bits per heavy atom. The summed E-state index contributed by atoms with van der Waals surface area (Å²) in [6, 6.07) is 0. The van der Waals surface area contributed by atoms with E-state index in [0.29, 0.717) is 6.67 Å². The van der Waals surface area contributed by atoms with Crippen molar-refractivity contribution in [2.45, 2.75) is 70.3 Å². The molecule has 2 bridgehead atoms. The lowest BCUT2D eigenvalue weighted by Gasteiger charge is -2.65. The number of ether oxygens (including phenoxy) is 1. The molecule has 26 heavy (non-hydrogen) atoms. The van der Waals surface area contributed by atoms with Gasteiger partial charge in [-0.25, -0.2) is 4.79 Å². The zero-order chi connectivity index (χ0) is 17.7. The molecule has 5 atom stereocenters. The first kappa shape index (κ1) is 17.1. The second-order valence-corrected chi connectivity index (χ2v) is 9.82. The molecule has 5 saturated carbocycles. The summed E-state index contributed by atoms with van der Waals surface area (Å²) in [5, 5.41) is 5.66. The third-order valence-corrected chi connectivity index (χ3v) is 8.70. The fourth-order valence-electron chi connectivity index (χ4n) is 7.71. The van der Waals surface area contributed by atoms with Gasteiger partial charge in [0.15, 0.2) is 0 Å². The number of allylic oxidation sites excluding steroid dienone is 1. The maximum absolute atomic E-state index is 11.9. The van der Waals surface area contributed by atoms with Crippen molar-refractivity contribution in [3.63, 3.8) is 0 Å². The van der Waals surface area contributed by atoms with E-state index in [1.165, 1.54) is 38.5 Å². The second kappa shape index (κ2) is 6.54. The SMILES string of the molecule is CNCNC(=O)OC1CCC2C(=CCC3C2CCC24CC(CCC32)C4)C1. The fraction of sp³-hybridized carbons (Fsp3) is 0.864. The largest absolute Gasteiger partial charge is 0.446 e. The molecule has 4 heteroatoms. The molecular weight excluding hydrogens is 324 g/mol. The van der Waals surface area contributed by atoms with Crippen LogP contribution in [0.2, 0.25) is 0 Å².